The van der Waals surface area contributed by atoms with Gasteiger partial charge in [0.05, 0.1) is 36.7 Å². The van der Waals surface area contributed by atoms with Gasteiger partial charge in [-0.25, -0.2) is 9.97 Å². The van der Waals surface area contributed by atoms with E-state index in [-0.39, 0.29) is 5.91 Å². The van der Waals surface area contributed by atoms with Gasteiger partial charge in [0.1, 0.15) is 5.82 Å². The Morgan fingerprint density at radius 2 is 2.03 bits per heavy atom. The number of nitrogens with zero attached hydrogens (tertiary/aromatic N) is 4. The molecule has 0 aliphatic heterocycles. The second-order valence-corrected chi connectivity index (χ2v) is 8.88. The summed E-state index contributed by atoms with van der Waals surface area (Å²) < 4.78 is 3.53. The van der Waals surface area contributed by atoms with Gasteiger partial charge >= 0.3 is 0 Å². The molecule has 6 nitrogen and oxygen atoms in total. The SMILES string of the molecule is Cc1cc(NC(=O)c2ccc3ncsc3c2)n(-c2nc3c(C)ccc(Cl)c3s2)n1. The van der Waals surface area contributed by atoms with Crippen molar-refractivity contribution < 1.29 is 4.79 Å². The number of aryl methyl sites for hydroxylation is 2. The van der Waals surface area contributed by atoms with E-state index < -0.39 is 0 Å². The number of thiazole rings is 2. The Bertz CT molecular complexity index is 1360. The third kappa shape index (κ3) is 3.19. The highest BCUT2D eigenvalue weighted by atomic mass is 35.5. The lowest BCUT2D eigenvalue weighted by molar-refractivity contribution is 0.102. The van der Waals surface area contributed by atoms with Crippen molar-refractivity contribution in [3.63, 3.8) is 0 Å². The van der Waals surface area contributed by atoms with Gasteiger partial charge in [0, 0.05) is 11.6 Å². The summed E-state index contributed by atoms with van der Waals surface area (Å²) in [6, 6.07) is 11.1. The summed E-state index contributed by atoms with van der Waals surface area (Å²) in [4.78, 5) is 21.8. The van der Waals surface area contributed by atoms with Crippen LogP contribution in [-0.4, -0.2) is 25.7 Å². The van der Waals surface area contributed by atoms with Crippen LogP contribution in [-0.2, 0) is 0 Å². The van der Waals surface area contributed by atoms with Crippen LogP contribution in [0, 0.1) is 13.8 Å². The minimum Gasteiger partial charge on any atom is -0.306 e. The number of nitrogens with one attached hydrogen (secondary N) is 1. The van der Waals surface area contributed by atoms with Crippen LogP contribution >= 0.6 is 34.3 Å². The summed E-state index contributed by atoms with van der Waals surface area (Å²) in [7, 11) is 0. The van der Waals surface area contributed by atoms with Crippen molar-refractivity contribution in [2.75, 3.05) is 5.32 Å². The van der Waals surface area contributed by atoms with Crippen molar-refractivity contribution in [3.8, 4) is 5.13 Å². The molecule has 0 fully saturated rings. The van der Waals surface area contributed by atoms with E-state index in [0.29, 0.717) is 21.5 Å². The maximum atomic E-state index is 12.8. The monoisotopic (exact) mass is 439 g/mol. The molecule has 0 saturated carbocycles. The summed E-state index contributed by atoms with van der Waals surface area (Å²) in [5.41, 5.74) is 5.88. The van der Waals surface area contributed by atoms with Crippen molar-refractivity contribution in [1.29, 1.82) is 0 Å². The molecule has 0 bridgehead atoms. The van der Waals surface area contributed by atoms with Gasteiger partial charge in [0.2, 0.25) is 5.13 Å². The summed E-state index contributed by atoms with van der Waals surface area (Å²) >= 11 is 9.29. The molecule has 0 atom stereocenters. The minimum atomic E-state index is -0.211. The van der Waals surface area contributed by atoms with Crippen molar-refractivity contribution in [3.05, 3.63) is 63.8 Å². The first kappa shape index (κ1) is 18.2. The van der Waals surface area contributed by atoms with Gasteiger partial charge in [-0.1, -0.05) is 29.0 Å². The number of hydrogen-bond donors (Lipinski definition) is 1. The normalized spacial score (nSPS) is 11.4. The van der Waals surface area contributed by atoms with Crippen LogP contribution in [0.1, 0.15) is 21.6 Å². The number of halogens is 1. The average Bonchev–Trinajstić information content (AvgIpc) is 3.42. The predicted octanol–water partition coefficient (Wildman–Crippen LogP) is 5.61. The second kappa shape index (κ2) is 6.91. The Labute approximate surface area is 178 Å². The van der Waals surface area contributed by atoms with E-state index in [0.717, 1.165) is 31.7 Å². The Morgan fingerprint density at radius 3 is 2.86 bits per heavy atom. The molecular weight excluding hydrogens is 426 g/mol. The van der Waals surface area contributed by atoms with E-state index in [1.54, 1.807) is 16.3 Å². The van der Waals surface area contributed by atoms with E-state index in [2.05, 4.69) is 15.4 Å². The molecule has 5 rings (SSSR count). The molecule has 5 aromatic rings. The highest BCUT2D eigenvalue weighted by Crippen LogP contribution is 2.34. The zero-order valence-electron chi connectivity index (χ0n) is 15.4. The second-order valence-electron chi connectivity index (χ2n) is 6.61. The Morgan fingerprint density at radius 1 is 1.17 bits per heavy atom. The van der Waals surface area contributed by atoms with Gasteiger partial charge in [-0.2, -0.15) is 9.78 Å². The number of fused-ring (bicyclic) bond motifs is 2. The van der Waals surface area contributed by atoms with Crippen LogP contribution in [0.5, 0.6) is 0 Å². The molecule has 0 spiro atoms. The highest BCUT2D eigenvalue weighted by Gasteiger charge is 2.17. The van der Waals surface area contributed by atoms with Gasteiger partial charge < -0.3 is 5.32 Å². The first-order valence-electron chi connectivity index (χ1n) is 8.77. The van der Waals surface area contributed by atoms with E-state index in [4.69, 9.17) is 16.6 Å². The van der Waals surface area contributed by atoms with E-state index in [1.807, 2.05) is 44.2 Å². The van der Waals surface area contributed by atoms with Crippen molar-refractivity contribution in [2.45, 2.75) is 13.8 Å². The van der Waals surface area contributed by atoms with Crippen LogP contribution in [0.3, 0.4) is 0 Å². The number of amides is 1. The van der Waals surface area contributed by atoms with Crippen molar-refractivity contribution >= 4 is 66.4 Å². The summed E-state index contributed by atoms with van der Waals surface area (Å²) in [5.74, 6) is 0.349. The molecule has 0 unspecified atom stereocenters. The van der Waals surface area contributed by atoms with Gasteiger partial charge in [-0.05, 0) is 43.7 Å². The molecule has 3 aromatic heterocycles. The van der Waals surface area contributed by atoms with Gasteiger partial charge in [-0.15, -0.1) is 11.3 Å². The van der Waals surface area contributed by atoms with Crippen LogP contribution in [0.15, 0.2) is 41.9 Å². The Hall–Kier alpha value is -2.81. The fraction of sp³-hybridized carbons (Fsp3) is 0.100. The van der Waals surface area contributed by atoms with Gasteiger partial charge in [0.25, 0.3) is 5.91 Å². The molecule has 3 heterocycles. The largest absolute Gasteiger partial charge is 0.306 e. The summed E-state index contributed by atoms with van der Waals surface area (Å²) in [6.45, 7) is 3.87. The average molecular weight is 440 g/mol. The number of carbonyl (C=O) groups is 1. The molecule has 0 saturated heterocycles. The smallest absolute Gasteiger partial charge is 0.256 e. The third-order valence-corrected chi connectivity index (χ3v) is 6.82. The minimum absolute atomic E-state index is 0.211. The first-order chi connectivity index (χ1) is 14.0. The molecule has 0 aliphatic carbocycles. The van der Waals surface area contributed by atoms with Gasteiger partial charge in [0.15, 0.2) is 0 Å². The topological polar surface area (TPSA) is 72.7 Å². The fourth-order valence-electron chi connectivity index (χ4n) is 3.10. The lowest BCUT2D eigenvalue weighted by Crippen LogP contribution is -2.15. The molecule has 144 valence electrons. The number of carbonyl (C=O) groups excluding carboxylic acids is 1. The Kier molecular flexibility index (Phi) is 4.34. The van der Waals surface area contributed by atoms with E-state index >= 15 is 0 Å². The molecule has 1 amide bonds. The maximum Gasteiger partial charge on any atom is 0.256 e. The maximum absolute atomic E-state index is 12.8. The standard InChI is InChI=1S/C20H14ClN5OS2/c1-10-3-5-13(21)18-17(10)24-20(29-18)26-16(7-11(2)25-26)23-19(27)12-4-6-14-15(8-12)28-9-22-14/h3-9H,1-2H3,(H,23,27). The number of benzene rings is 2. The lowest BCUT2D eigenvalue weighted by atomic mass is 10.2. The van der Waals surface area contributed by atoms with Gasteiger partial charge in [-0.3, -0.25) is 4.79 Å². The number of aromatic nitrogens is 4. The van der Waals surface area contributed by atoms with Crippen LogP contribution < -0.4 is 5.32 Å². The van der Waals surface area contributed by atoms with Crippen LogP contribution in [0.2, 0.25) is 5.02 Å². The van der Waals surface area contributed by atoms with Crippen molar-refractivity contribution in [1.82, 2.24) is 19.7 Å². The molecule has 0 aliphatic rings. The quantitative estimate of drug-likeness (QED) is 0.396. The number of anilines is 1. The summed E-state index contributed by atoms with van der Waals surface area (Å²) in [6.07, 6.45) is 0. The number of rotatable bonds is 3. The Balaban J connectivity index is 1.53. The molecule has 1 N–H and O–H groups in total. The van der Waals surface area contributed by atoms with Crippen LogP contribution in [0.25, 0.3) is 25.6 Å². The van der Waals surface area contributed by atoms with Crippen molar-refractivity contribution in [2.24, 2.45) is 0 Å². The zero-order valence-corrected chi connectivity index (χ0v) is 17.8. The van der Waals surface area contributed by atoms with E-state index in [9.17, 15) is 4.79 Å². The van der Waals surface area contributed by atoms with Crippen LogP contribution in [0.4, 0.5) is 5.82 Å². The molecule has 29 heavy (non-hydrogen) atoms. The van der Waals surface area contributed by atoms with E-state index in [1.165, 1.54) is 22.7 Å². The lowest BCUT2D eigenvalue weighted by Gasteiger charge is -2.06. The zero-order chi connectivity index (χ0) is 20.1. The molecule has 2 aromatic carbocycles. The highest BCUT2D eigenvalue weighted by molar-refractivity contribution is 7.21. The molecule has 9 heteroatoms. The predicted molar refractivity (Wildman–Crippen MR) is 119 cm³/mol. The molecule has 0 radical (unpaired) electrons. The fourth-order valence-corrected chi connectivity index (χ4v) is 5.10. The summed E-state index contributed by atoms with van der Waals surface area (Å²) in [5, 5.41) is 8.78. The number of hydrogen-bond acceptors (Lipinski definition) is 6. The first-order valence-corrected chi connectivity index (χ1v) is 10.8. The third-order valence-electron chi connectivity index (χ3n) is 4.53. The molecular formula is C20H14ClN5OS2.